The maximum Gasteiger partial charge on any atom is 0.241 e. The monoisotopic (exact) mass is 416 g/mol. The first kappa shape index (κ1) is 22.0. The second-order valence-corrected chi connectivity index (χ2v) is 9.19. The van der Waals surface area contributed by atoms with Crippen molar-refractivity contribution in [2.75, 3.05) is 19.6 Å². The molecular weight excluding hydrogens is 380 g/mol. The van der Waals surface area contributed by atoms with Crippen LogP contribution < -0.4 is 10.6 Å². The summed E-state index contributed by atoms with van der Waals surface area (Å²) in [7, 11) is 0. The zero-order valence-corrected chi connectivity index (χ0v) is 19.1. The highest BCUT2D eigenvalue weighted by atomic mass is 32.1. The van der Waals surface area contributed by atoms with E-state index in [9.17, 15) is 4.79 Å². The van der Waals surface area contributed by atoms with E-state index < -0.39 is 0 Å². The van der Waals surface area contributed by atoms with Gasteiger partial charge < -0.3 is 15.1 Å². The molecule has 2 fully saturated rings. The van der Waals surface area contributed by atoms with E-state index in [2.05, 4.69) is 78.5 Å². The zero-order valence-electron chi connectivity index (χ0n) is 18.3. The highest BCUT2D eigenvalue weighted by Gasteiger charge is 2.53. The van der Waals surface area contributed by atoms with Crippen molar-refractivity contribution in [1.29, 1.82) is 0 Å². The van der Waals surface area contributed by atoms with Gasteiger partial charge in [0.05, 0.1) is 11.7 Å². The summed E-state index contributed by atoms with van der Waals surface area (Å²) in [6.07, 6.45) is 3.78. The van der Waals surface area contributed by atoms with Crippen LogP contribution in [0.1, 0.15) is 52.5 Å². The fourth-order valence-corrected chi connectivity index (χ4v) is 5.08. The molecule has 2 atom stereocenters. The number of amides is 1. The maximum atomic E-state index is 13.4. The number of benzene rings is 1. The number of carbonyl (C=O) groups excluding carboxylic acids is 1. The first-order chi connectivity index (χ1) is 13.9. The smallest absolute Gasteiger partial charge is 0.241 e. The average molecular weight is 417 g/mol. The van der Waals surface area contributed by atoms with Crippen LogP contribution in [0.25, 0.3) is 0 Å². The third kappa shape index (κ3) is 4.75. The normalized spacial score (nSPS) is 22.4. The third-order valence-electron chi connectivity index (χ3n) is 6.40. The SMILES string of the molecule is CCNC(=S)N1CCC2(CC1)NC(C(C)C)C(=O)N2C(C)CCc1ccccc1. The van der Waals surface area contributed by atoms with Crippen LogP contribution >= 0.6 is 12.2 Å². The number of nitrogens with zero attached hydrogens (tertiary/aromatic N) is 2. The van der Waals surface area contributed by atoms with Crippen LogP contribution in [0.4, 0.5) is 0 Å². The fraction of sp³-hybridized carbons (Fsp3) is 0.652. The van der Waals surface area contributed by atoms with Gasteiger partial charge in [-0.25, -0.2) is 0 Å². The zero-order chi connectivity index (χ0) is 21.0. The number of aryl methyl sites for hydroxylation is 1. The predicted octanol–water partition coefficient (Wildman–Crippen LogP) is 3.15. The third-order valence-corrected chi connectivity index (χ3v) is 6.80. The van der Waals surface area contributed by atoms with Gasteiger partial charge >= 0.3 is 0 Å². The van der Waals surface area contributed by atoms with Crippen molar-refractivity contribution >= 4 is 23.2 Å². The summed E-state index contributed by atoms with van der Waals surface area (Å²) in [4.78, 5) is 17.8. The van der Waals surface area contributed by atoms with Crippen molar-refractivity contribution in [3.05, 3.63) is 35.9 Å². The molecule has 5 nitrogen and oxygen atoms in total. The van der Waals surface area contributed by atoms with Crippen LogP contribution in [0.15, 0.2) is 30.3 Å². The van der Waals surface area contributed by atoms with E-state index in [0.717, 1.165) is 50.4 Å². The molecule has 3 rings (SSSR count). The Morgan fingerprint density at radius 2 is 1.90 bits per heavy atom. The van der Waals surface area contributed by atoms with Gasteiger partial charge in [0.25, 0.3) is 0 Å². The molecule has 2 saturated heterocycles. The van der Waals surface area contributed by atoms with Gasteiger partial charge in [-0.2, -0.15) is 0 Å². The molecule has 2 aliphatic heterocycles. The summed E-state index contributed by atoms with van der Waals surface area (Å²) < 4.78 is 0. The Hall–Kier alpha value is -1.66. The van der Waals surface area contributed by atoms with Crippen molar-refractivity contribution in [2.24, 2.45) is 5.92 Å². The highest BCUT2D eigenvalue weighted by molar-refractivity contribution is 7.80. The Labute approximate surface area is 181 Å². The molecule has 1 aromatic rings. The molecule has 2 N–H and O–H groups in total. The van der Waals surface area contributed by atoms with E-state index in [0.29, 0.717) is 0 Å². The average Bonchev–Trinajstić information content (AvgIpc) is 3.00. The molecule has 0 saturated carbocycles. The maximum absolute atomic E-state index is 13.4. The molecule has 29 heavy (non-hydrogen) atoms. The first-order valence-corrected chi connectivity index (χ1v) is 11.5. The lowest BCUT2D eigenvalue weighted by Crippen LogP contribution is -2.62. The number of likely N-dealkylation sites (tertiary alicyclic amines) is 1. The molecule has 2 aliphatic rings. The van der Waals surface area contributed by atoms with Gasteiger partial charge in [0.15, 0.2) is 5.11 Å². The largest absolute Gasteiger partial charge is 0.363 e. The van der Waals surface area contributed by atoms with Gasteiger partial charge in [-0.05, 0) is 50.4 Å². The van der Waals surface area contributed by atoms with Crippen LogP contribution in [-0.2, 0) is 11.2 Å². The molecular formula is C23H36N4OS. The number of rotatable bonds is 6. The van der Waals surface area contributed by atoms with Crippen molar-refractivity contribution in [2.45, 2.75) is 71.1 Å². The molecule has 160 valence electrons. The van der Waals surface area contributed by atoms with Crippen molar-refractivity contribution in [3.63, 3.8) is 0 Å². The minimum absolute atomic E-state index is 0.0959. The lowest BCUT2D eigenvalue weighted by Gasteiger charge is -2.47. The number of hydrogen-bond donors (Lipinski definition) is 2. The number of piperidine rings is 1. The summed E-state index contributed by atoms with van der Waals surface area (Å²) in [6, 6.07) is 10.7. The number of carbonyl (C=O) groups is 1. The van der Waals surface area contributed by atoms with Crippen molar-refractivity contribution in [3.8, 4) is 0 Å². The van der Waals surface area contributed by atoms with E-state index in [4.69, 9.17) is 12.2 Å². The highest BCUT2D eigenvalue weighted by Crippen LogP contribution is 2.36. The second kappa shape index (κ2) is 9.43. The lowest BCUT2D eigenvalue weighted by molar-refractivity contribution is -0.136. The van der Waals surface area contributed by atoms with Crippen LogP contribution in [0, 0.1) is 5.92 Å². The standard InChI is InChI=1S/C23H36N4OS/c1-5-24-22(29)26-15-13-23(14-16-26)25-20(17(2)3)21(28)27(23)18(4)11-12-19-9-7-6-8-10-19/h6-10,17-18,20,25H,5,11-16H2,1-4H3,(H,24,29). The lowest BCUT2D eigenvalue weighted by atomic mass is 9.93. The molecule has 0 bridgehead atoms. The summed E-state index contributed by atoms with van der Waals surface area (Å²) in [6.45, 7) is 11.1. The Morgan fingerprint density at radius 3 is 2.48 bits per heavy atom. The molecule has 0 aromatic heterocycles. The van der Waals surface area contributed by atoms with Crippen LogP contribution in [0.2, 0.25) is 0 Å². The summed E-state index contributed by atoms with van der Waals surface area (Å²) in [5.41, 5.74) is 1.08. The quantitative estimate of drug-likeness (QED) is 0.698. The summed E-state index contributed by atoms with van der Waals surface area (Å²) >= 11 is 5.51. The Balaban J connectivity index is 1.73. The molecule has 1 aromatic carbocycles. The van der Waals surface area contributed by atoms with Crippen molar-refractivity contribution in [1.82, 2.24) is 20.4 Å². The van der Waals surface area contributed by atoms with E-state index in [1.807, 2.05) is 0 Å². The van der Waals surface area contributed by atoms with Gasteiger partial charge in [0, 0.05) is 38.5 Å². The predicted molar refractivity (Wildman–Crippen MR) is 123 cm³/mol. The Morgan fingerprint density at radius 1 is 1.24 bits per heavy atom. The molecule has 6 heteroatoms. The number of nitrogens with one attached hydrogen (secondary N) is 2. The molecule has 0 aliphatic carbocycles. The van der Waals surface area contributed by atoms with Gasteiger partial charge in [-0.3, -0.25) is 10.1 Å². The minimum atomic E-state index is -0.250. The van der Waals surface area contributed by atoms with Gasteiger partial charge in [-0.1, -0.05) is 44.2 Å². The molecule has 1 amide bonds. The van der Waals surface area contributed by atoms with Gasteiger partial charge in [0.1, 0.15) is 0 Å². The van der Waals surface area contributed by atoms with Crippen LogP contribution in [0.3, 0.4) is 0 Å². The van der Waals surface area contributed by atoms with Gasteiger partial charge in [-0.15, -0.1) is 0 Å². The number of hydrogen-bond acceptors (Lipinski definition) is 3. The first-order valence-electron chi connectivity index (χ1n) is 11.1. The molecule has 1 spiro atoms. The summed E-state index contributed by atoms with van der Waals surface area (Å²) in [5, 5.41) is 7.85. The van der Waals surface area contributed by atoms with E-state index in [1.54, 1.807) is 0 Å². The minimum Gasteiger partial charge on any atom is -0.363 e. The number of thiocarbonyl (C=S) groups is 1. The molecule has 0 radical (unpaired) electrons. The Kier molecular flexibility index (Phi) is 7.17. The Bertz CT molecular complexity index is 700. The van der Waals surface area contributed by atoms with Crippen LogP contribution in [-0.4, -0.2) is 58.2 Å². The van der Waals surface area contributed by atoms with E-state index >= 15 is 0 Å². The van der Waals surface area contributed by atoms with E-state index in [-0.39, 0.29) is 29.6 Å². The summed E-state index contributed by atoms with van der Waals surface area (Å²) in [5.74, 6) is 0.551. The van der Waals surface area contributed by atoms with Crippen molar-refractivity contribution < 1.29 is 4.79 Å². The topological polar surface area (TPSA) is 47.6 Å². The van der Waals surface area contributed by atoms with Gasteiger partial charge in [0.2, 0.25) is 5.91 Å². The second-order valence-electron chi connectivity index (χ2n) is 8.80. The molecule has 2 heterocycles. The fourth-order valence-electron chi connectivity index (χ4n) is 4.75. The molecule has 2 unspecified atom stereocenters. The van der Waals surface area contributed by atoms with Crippen LogP contribution in [0.5, 0.6) is 0 Å². The van der Waals surface area contributed by atoms with E-state index in [1.165, 1.54) is 5.56 Å².